The van der Waals surface area contributed by atoms with Crippen LogP contribution in [-0.2, 0) is 0 Å². The van der Waals surface area contributed by atoms with Gasteiger partial charge >= 0.3 is 0 Å². The molecule has 0 N–H and O–H groups in total. The Morgan fingerprint density at radius 1 is 1.56 bits per heavy atom. The number of nitro benzene ring substituents is 1. The van der Waals surface area contributed by atoms with E-state index in [2.05, 4.69) is 0 Å². The predicted molar refractivity (Wildman–Crippen MR) is 74.1 cm³/mol. The van der Waals surface area contributed by atoms with Crippen molar-refractivity contribution >= 4 is 23.1 Å². The van der Waals surface area contributed by atoms with E-state index in [0.29, 0.717) is 0 Å². The summed E-state index contributed by atoms with van der Waals surface area (Å²) in [5.74, 6) is 1.06. The number of nitro groups is 1. The molecule has 0 unspecified atom stereocenters. The lowest BCUT2D eigenvalue weighted by Crippen LogP contribution is -2.19. The first-order valence-electron chi connectivity index (χ1n) is 5.48. The van der Waals surface area contributed by atoms with Gasteiger partial charge in [-0.3, -0.25) is 10.1 Å². The van der Waals surface area contributed by atoms with Crippen LogP contribution < -0.4 is 4.90 Å². The number of nitriles is 1. The van der Waals surface area contributed by atoms with E-state index in [0.717, 1.165) is 24.4 Å². The molecule has 0 saturated carbocycles. The summed E-state index contributed by atoms with van der Waals surface area (Å²) < 4.78 is 0. The van der Waals surface area contributed by atoms with Crippen LogP contribution in [0.4, 0.5) is 11.4 Å². The molecule has 6 heteroatoms. The number of thioether (sulfide) groups is 1. The maximum absolute atomic E-state index is 10.8. The van der Waals surface area contributed by atoms with Crippen molar-refractivity contribution in [3.8, 4) is 6.07 Å². The fourth-order valence-electron chi connectivity index (χ4n) is 1.58. The number of hydrogen-bond acceptors (Lipinski definition) is 5. The minimum absolute atomic E-state index is 0.0984. The molecule has 0 aliphatic heterocycles. The fourth-order valence-corrected chi connectivity index (χ4v) is 2.00. The van der Waals surface area contributed by atoms with Gasteiger partial charge in [-0.25, -0.2) is 0 Å². The number of benzene rings is 1. The zero-order valence-electron chi connectivity index (χ0n) is 10.4. The molecule has 0 aromatic heterocycles. The van der Waals surface area contributed by atoms with E-state index in [1.165, 1.54) is 12.1 Å². The lowest BCUT2D eigenvalue weighted by molar-refractivity contribution is -0.385. The molecule has 0 heterocycles. The minimum Gasteiger partial charge on any atom is -0.374 e. The Labute approximate surface area is 111 Å². The minimum atomic E-state index is -0.516. The van der Waals surface area contributed by atoms with Crippen molar-refractivity contribution in [3.63, 3.8) is 0 Å². The van der Waals surface area contributed by atoms with Crippen molar-refractivity contribution in [2.75, 3.05) is 30.5 Å². The summed E-state index contributed by atoms with van der Waals surface area (Å²) in [4.78, 5) is 12.3. The average molecular weight is 265 g/mol. The molecule has 1 aromatic carbocycles. The Bertz CT molecular complexity index is 471. The number of anilines is 1. The zero-order valence-corrected chi connectivity index (χ0v) is 11.2. The van der Waals surface area contributed by atoms with Gasteiger partial charge in [-0.2, -0.15) is 17.0 Å². The Balaban J connectivity index is 2.88. The van der Waals surface area contributed by atoms with Crippen molar-refractivity contribution in [1.29, 1.82) is 5.26 Å². The third kappa shape index (κ3) is 3.64. The highest BCUT2D eigenvalue weighted by Gasteiger charge is 2.15. The van der Waals surface area contributed by atoms with E-state index in [-0.39, 0.29) is 11.3 Å². The Hall–Kier alpha value is -1.74. The Kier molecular flexibility index (Phi) is 5.46. The quantitative estimate of drug-likeness (QED) is 0.449. The van der Waals surface area contributed by atoms with Crippen molar-refractivity contribution in [3.05, 3.63) is 33.9 Å². The van der Waals surface area contributed by atoms with E-state index >= 15 is 0 Å². The van der Waals surface area contributed by atoms with Crippen LogP contribution in [0.1, 0.15) is 12.0 Å². The molecule has 0 aliphatic carbocycles. The van der Waals surface area contributed by atoms with E-state index in [4.69, 9.17) is 5.26 Å². The summed E-state index contributed by atoms with van der Waals surface area (Å²) in [5, 5.41) is 19.6. The molecule has 96 valence electrons. The molecule has 1 rings (SSSR count). The van der Waals surface area contributed by atoms with Gasteiger partial charge in [0.15, 0.2) is 0 Å². The van der Waals surface area contributed by atoms with Gasteiger partial charge in [0.1, 0.15) is 11.6 Å². The third-order valence-electron chi connectivity index (χ3n) is 2.58. The molecule has 18 heavy (non-hydrogen) atoms. The molecule has 0 fully saturated rings. The normalized spacial score (nSPS) is 9.83. The van der Waals surface area contributed by atoms with Gasteiger partial charge in [0.25, 0.3) is 5.69 Å². The Morgan fingerprint density at radius 3 is 2.83 bits per heavy atom. The maximum atomic E-state index is 10.8. The average Bonchev–Trinajstić information content (AvgIpc) is 2.38. The highest BCUT2D eigenvalue weighted by molar-refractivity contribution is 7.98. The summed E-state index contributed by atoms with van der Waals surface area (Å²) in [6, 6.07) is 6.53. The molecule has 5 nitrogen and oxygen atoms in total. The van der Waals surface area contributed by atoms with Crippen LogP contribution in [0.5, 0.6) is 0 Å². The second kappa shape index (κ2) is 6.87. The van der Waals surface area contributed by atoms with Crippen molar-refractivity contribution < 1.29 is 4.92 Å². The standard InChI is InChI=1S/C12H15N3O2S/c1-14(6-3-7-18-2)11-5-4-10(9-13)12(8-11)15(16)17/h4-5,8H,3,6-7H2,1-2H3. The highest BCUT2D eigenvalue weighted by Crippen LogP contribution is 2.24. The molecule has 0 saturated heterocycles. The molecular weight excluding hydrogens is 250 g/mol. The SMILES string of the molecule is CSCCCN(C)c1ccc(C#N)c([N+](=O)[O-])c1. The monoisotopic (exact) mass is 265 g/mol. The first-order chi connectivity index (χ1) is 8.60. The van der Waals surface area contributed by atoms with Gasteiger partial charge in [-0.15, -0.1) is 0 Å². The summed E-state index contributed by atoms with van der Waals surface area (Å²) in [5.41, 5.74) is 0.731. The summed E-state index contributed by atoms with van der Waals surface area (Å²) in [6.07, 6.45) is 3.07. The van der Waals surface area contributed by atoms with E-state index in [1.54, 1.807) is 17.8 Å². The molecule has 0 aliphatic rings. The van der Waals surface area contributed by atoms with Crippen molar-refractivity contribution in [2.24, 2.45) is 0 Å². The van der Waals surface area contributed by atoms with Gasteiger partial charge in [0.2, 0.25) is 0 Å². The van der Waals surface area contributed by atoms with Crippen molar-refractivity contribution in [2.45, 2.75) is 6.42 Å². The van der Waals surface area contributed by atoms with Crippen LogP contribution in [0.15, 0.2) is 18.2 Å². The summed E-state index contributed by atoms with van der Waals surface area (Å²) in [6.45, 7) is 0.837. The van der Waals surface area contributed by atoms with Crippen LogP contribution in [0, 0.1) is 21.4 Å². The lowest BCUT2D eigenvalue weighted by atomic mass is 10.1. The Morgan fingerprint density at radius 2 is 2.28 bits per heavy atom. The summed E-state index contributed by atoms with van der Waals surface area (Å²) >= 11 is 1.77. The lowest BCUT2D eigenvalue weighted by Gasteiger charge is -2.18. The summed E-state index contributed by atoms with van der Waals surface area (Å²) in [7, 11) is 1.89. The molecule has 0 atom stereocenters. The second-order valence-electron chi connectivity index (χ2n) is 3.84. The van der Waals surface area contributed by atoms with E-state index in [1.807, 2.05) is 24.3 Å². The third-order valence-corrected chi connectivity index (χ3v) is 3.28. The number of nitrogens with zero attached hydrogens (tertiary/aromatic N) is 3. The highest BCUT2D eigenvalue weighted by atomic mass is 32.2. The van der Waals surface area contributed by atoms with Crippen LogP contribution >= 0.6 is 11.8 Å². The maximum Gasteiger partial charge on any atom is 0.289 e. The molecule has 1 aromatic rings. The largest absolute Gasteiger partial charge is 0.374 e. The molecule has 0 spiro atoms. The van der Waals surface area contributed by atoms with Gasteiger partial charge in [-0.05, 0) is 30.6 Å². The molecular formula is C12H15N3O2S. The van der Waals surface area contributed by atoms with Crippen LogP contribution in [-0.4, -0.2) is 30.5 Å². The number of rotatable bonds is 6. The topological polar surface area (TPSA) is 70.2 Å². The van der Waals surface area contributed by atoms with Gasteiger partial charge in [0.05, 0.1) is 4.92 Å². The van der Waals surface area contributed by atoms with Crippen LogP contribution in [0.3, 0.4) is 0 Å². The van der Waals surface area contributed by atoms with Crippen LogP contribution in [0.2, 0.25) is 0 Å². The van der Waals surface area contributed by atoms with Crippen molar-refractivity contribution in [1.82, 2.24) is 0 Å². The smallest absolute Gasteiger partial charge is 0.289 e. The van der Waals surface area contributed by atoms with E-state index < -0.39 is 4.92 Å². The van der Waals surface area contributed by atoms with Gasteiger partial charge in [-0.1, -0.05) is 0 Å². The van der Waals surface area contributed by atoms with Crippen LogP contribution in [0.25, 0.3) is 0 Å². The first kappa shape index (κ1) is 14.3. The molecule has 0 amide bonds. The fraction of sp³-hybridized carbons (Fsp3) is 0.417. The van der Waals surface area contributed by atoms with Gasteiger partial charge < -0.3 is 4.90 Å². The van der Waals surface area contributed by atoms with E-state index in [9.17, 15) is 10.1 Å². The zero-order chi connectivity index (χ0) is 13.5. The first-order valence-corrected chi connectivity index (χ1v) is 6.88. The van der Waals surface area contributed by atoms with Gasteiger partial charge in [0, 0.05) is 25.3 Å². The predicted octanol–water partition coefficient (Wildman–Crippen LogP) is 2.66. The second-order valence-corrected chi connectivity index (χ2v) is 4.82. The molecule has 0 bridgehead atoms. The number of hydrogen-bond donors (Lipinski definition) is 0. The molecule has 0 radical (unpaired) electrons.